The molecule has 0 saturated carbocycles. The topological polar surface area (TPSA) is 25.8 Å². The zero-order chi connectivity index (χ0) is 19.0. The summed E-state index contributed by atoms with van der Waals surface area (Å²) in [6.45, 7) is 4.28. The quantitative estimate of drug-likeness (QED) is 0.416. The van der Waals surface area contributed by atoms with Crippen LogP contribution in [0.2, 0.25) is 0 Å². The molecular formula is C24H24N2S. The SMILES string of the molecule is Cc1ccc(C)c(-c2nccc3cc(S(C)(C)c4ccccn4)ccc23)c1. The number of aromatic nitrogens is 2. The van der Waals surface area contributed by atoms with Gasteiger partial charge in [0.05, 0.1) is 10.7 Å². The summed E-state index contributed by atoms with van der Waals surface area (Å²) in [6.07, 6.45) is 8.42. The maximum Gasteiger partial charge on any atom is 0.0825 e. The predicted octanol–water partition coefficient (Wildman–Crippen LogP) is 6.40. The molecule has 2 aromatic carbocycles. The predicted molar refractivity (Wildman–Crippen MR) is 117 cm³/mol. The molecule has 2 nitrogen and oxygen atoms in total. The normalized spacial score (nSPS) is 12.3. The molecule has 2 heterocycles. The van der Waals surface area contributed by atoms with Crippen molar-refractivity contribution in [3.63, 3.8) is 0 Å². The summed E-state index contributed by atoms with van der Waals surface area (Å²) in [7, 11) is -1.15. The number of benzene rings is 2. The molecule has 136 valence electrons. The van der Waals surface area contributed by atoms with Crippen molar-refractivity contribution in [2.45, 2.75) is 23.8 Å². The van der Waals surface area contributed by atoms with Gasteiger partial charge in [-0.25, -0.2) is 0 Å². The Balaban J connectivity index is 1.87. The van der Waals surface area contributed by atoms with Crippen molar-refractivity contribution >= 4 is 20.8 Å². The minimum Gasteiger partial charge on any atom is -0.256 e. The summed E-state index contributed by atoms with van der Waals surface area (Å²) in [5.41, 5.74) is 4.78. The Bertz CT molecular complexity index is 1120. The third-order valence-electron chi connectivity index (χ3n) is 5.13. The molecule has 2 aromatic heterocycles. The van der Waals surface area contributed by atoms with E-state index < -0.39 is 10.0 Å². The van der Waals surface area contributed by atoms with Gasteiger partial charge in [-0.3, -0.25) is 9.97 Å². The Hall–Kier alpha value is -2.65. The van der Waals surface area contributed by atoms with E-state index in [-0.39, 0.29) is 0 Å². The molecule has 0 atom stereocenters. The van der Waals surface area contributed by atoms with Gasteiger partial charge in [-0.15, -0.1) is 0 Å². The van der Waals surface area contributed by atoms with Crippen LogP contribution < -0.4 is 0 Å². The lowest BCUT2D eigenvalue weighted by atomic mass is 9.98. The molecule has 0 spiro atoms. The minimum absolute atomic E-state index is 1.06. The van der Waals surface area contributed by atoms with Crippen LogP contribution in [0, 0.1) is 13.8 Å². The Morgan fingerprint density at radius 1 is 0.778 bits per heavy atom. The molecule has 27 heavy (non-hydrogen) atoms. The first kappa shape index (κ1) is 17.7. The maximum atomic E-state index is 4.72. The largest absolute Gasteiger partial charge is 0.256 e. The van der Waals surface area contributed by atoms with E-state index in [1.165, 1.54) is 32.4 Å². The molecule has 0 bridgehead atoms. The van der Waals surface area contributed by atoms with E-state index >= 15 is 0 Å². The summed E-state index contributed by atoms with van der Waals surface area (Å²) in [5, 5.41) is 3.59. The average Bonchev–Trinajstić information content (AvgIpc) is 2.69. The molecule has 0 amide bonds. The van der Waals surface area contributed by atoms with E-state index in [2.05, 4.69) is 85.9 Å². The van der Waals surface area contributed by atoms with Crippen molar-refractivity contribution in [2.75, 3.05) is 12.5 Å². The number of rotatable bonds is 3. The fourth-order valence-electron chi connectivity index (χ4n) is 3.45. The second kappa shape index (κ2) is 6.82. The Labute approximate surface area is 162 Å². The van der Waals surface area contributed by atoms with Crippen LogP contribution in [0.25, 0.3) is 22.0 Å². The van der Waals surface area contributed by atoms with Crippen molar-refractivity contribution in [2.24, 2.45) is 0 Å². The highest BCUT2D eigenvalue weighted by Gasteiger charge is 2.19. The first-order valence-corrected chi connectivity index (χ1v) is 11.5. The van der Waals surface area contributed by atoms with E-state index in [1.807, 2.05) is 18.5 Å². The van der Waals surface area contributed by atoms with Gasteiger partial charge < -0.3 is 0 Å². The van der Waals surface area contributed by atoms with E-state index in [0.29, 0.717) is 0 Å². The van der Waals surface area contributed by atoms with E-state index in [0.717, 1.165) is 10.7 Å². The molecule has 4 rings (SSSR count). The Morgan fingerprint density at radius 2 is 1.63 bits per heavy atom. The van der Waals surface area contributed by atoms with Gasteiger partial charge in [0.25, 0.3) is 0 Å². The van der Waals surface area contributed by atoms with Gasteiger partial charge in [-0.1, -0.05) is 29.8 Å². The Kier molecular flexibility index (Phi) is 4.48. The summed E-state index contributed by atoms with van der Waals surface area (Å²) >= 11 is 0. The highest BCUT2D eigenvalue weighted by atomic mass is 32.3. The van der Waals surface area contributed by atoms with Crippen LogP contribution in [0.5, 0.6) is 0 Å². The van der Waals surface area contributed by atoms with Gasteiger partial charge in [-0.05, 0) is 78.6 Å². The molecule has 0 aliphatic rings. The molecule has 0 unspecified atom stereocenters. The van der Waals surface area contributed by atoms with Crippen LogP contribution in [0.4, 0.5) is 0 Å². The second-order valence-electron chi connectivity index (χ2n) is 7.36. The van der Waals surface area contributed by atoms with Crippen LogP contribution in [0.3, 0.4) is 0 Å². The lowest BCUT2D eigenvalue weighted by Gasteiger charge is -2.31. The fourth-order valence-corrected chi connectivity index (χ4v) is 5.26. The number of pyridine rings is 2. The van der Waals surface area contributed by atoms with Crippen molar-refractivity contribution < 1.29 is 0 Å². The van der Waals surface area contributed by atoms with Crippen molar-refractivity contribution in [1.29, 1.82) is 0 Å². The molecule has 0 aliphatic heterocycles. The van der Waals surface area contributed by atoms with Gasteiger partial charge >= 0.3 is 0 Å². The van der Waals surface area contributed by atoms with Crippen LogP contribution in [-0.2, 0) is 0 Å². The molecule has 0 fully saturated rings. The minimum atomic E-state index is -1.15. The zero-order valence-electron chi connectivity index (χ0n) is 16.2. The first-order chi connectivity index (χ1) is 13.0. The number of hydrogen-bond acceptors (Lipinski definition) is 2. The third-order valence-corrected chi connectivity index (χ3v) is 7.85. The van der Waals surface area contributed by atoms with Gasteiger partial charge in [0.15, 0.2) is 0 Å². The number of aryl methyl sites for hydroxylation is 2. The van der Waals surface area contributed by atoms with Gasteiger partial charge in [0.1, 0.15) is 0 Å². The van der Waals surface area contributed by atoms with Crippen LogP contribution >= 0.6 is 10.0 Å². The molecule has 0 saturated heterocycles. The molecule has 0 N–H and O–H groups in total. The van der Waals surface area contributed by atoms with Crippen molar-refractivity contribution in [3.05, 3.63) is 84.2 Å². The van der Waals surface area contributed by atoms with Crippen LogP contribution in [0.15, 0.2) is 83.0 Å². The molecule has 0 aliphatic carbocycles. The fraction of sp³-hybridized carbons (Fsp3) is 0.167. The summed E-state index contributed by atoms with van der Waals surface area (Å²) in [6, 6.07) is 21.6. The molecule has 0 radical (unpaired) electrons. The van der Waals surface area contributed by atoms with Gasteiger partial charge in [-0.2, -0.15) is 10.0 Å². The Morgan fingerprint density at radius 3 is 2.41 bits per heavy atom. The summed E-state index contributed by atoms with van der Waals surface area (Å²) in [5.74, 6) is 0. The smallest absolute Gasteiger partial charge is 0.0825 e. The second-order valence-corrected chi connectivity index (χ2v) is 10.9. The standard InChI is InChI=1S/C24H24N2S/c1-17-8-9-18(2)22(15-17)24-21-11-10-20(16-19(21)12-14-26-24)27(3,4)23-7-5-6-13-25-23/h5-16H,1-4H3. The van der Waals surface area contributed by atoms with E-state index in [1.54, 1.807) is 0 Å². The number of fused-ring (bicyclic) bond motifs is 1. The average molecular weight is 373 g/mol. The highest BCUT2D eigenvalue weighted by molar-refractivity contribution is 8.32. The van der Waals surface area contributed by atoms with Crippen LogP contribution in [0.1, 0.15) is 11.1 Å². The highest BCUT2D eigenvalue weighted by Crippen LogP contribution is 2.55. The zero-order valence-corrected chi connectivity index (χ0v) is 17.0. The monoisotopic (exact) mass is 372 g/mol. The molecular weight excluding hydrogens is 348 g/mol. The molecule has 3 heteroatoms. The molecule has 4 aromatic rings. The number of hydrogen-bond donors (Lipinski definition) is 0. The summed E-state index contributed by atoms with van der Waals surface area (Å²) in [4.78, 5) is 10.7. The summed E-state index contributed by atoms with van der Waals surface area (Å²) < 4.78 is 0. The third kappa shape index (κ3) is 3.24. The lowest BCUT2D eigenvalue weighted by Crippen LogP contribution is -2.00. The number of nitrogens with zero attached hydrogens (tertiary/aromatic N) is 2. The van der Waals surface area contributed by atoms with Gasteiger partial charge in [0.2, 0.25) is 0 Å². The van der Waals surface area contributed by atoms with Gasteiger partial charge in [0, 0.05) is 23.3 Å². The van der Waals surface area contributed by atoms with Crippen LogP contribution in [-0.4, -0.2) is 22.5 Å². The van der Waals surface area contributed by atoms with E-state index in [9.17, 15) is 0 Å². The lowest BCUT2D eigenvalue weighted by molar-refractivity contribution is 1.11. The van der Waals surface area contributed by atoms with Crippen molar-refractivity contribution in [1.82, 2.24) is 9.97 Å². The van der Waals surface area contributed by atoms with E-state index in [4.69, 9.17) is 4.98 Å². The van der Waals surface area contributed by atoms with Crippen molar-refractivity contribution in [3.8, 4) is 11.3 Å². The maximum absolute atomic E-state index is 4.72. The first-order valence-electron chi connectivity index (χ1n) is 9.08.